The molecule has 1 fully saturated rings. The summed E-state index contributed by atoms with van der Waals surface area (Å²) in [5.74, 6) is -0.760. The maximum atomic E-state index is 13.7. The predicted molar refractivity (Wildman–Crippen MR) is 108 cm³/mol. The van der Waals surface area contributed by atoms with Gasteiger partial charge in [-0.3, -0.25) is 4.79 Å². The normalized spacial score (nSPS) is 15.0. The van der Waals surface area contributed by atoms with Gasteiger partial charge in [0, 0.05) is 23.7 Å². The highest BCUT2D eigenvalue weighted by Crippen LogP contribution is 2.21. The number of morpholine rings is 1. The molecule has 162 valence electrons. The average Bonchev–Trinajstić information content (AvgIpc) is 2.75. The van der Waals surface area contributed by atoms with Crippen LogP contribution in [0, 0.1) is 5.82 Å². The molecular weight excluding hydrogens is 437 g/mol. The fourth-order valence-corrected chi connectivity index (χ4v) is 4.49. The van der Waals surface area contributed by atoms with E-state index in [-0.39, 0.29) is 35.1 Å². The molecule has 0 aromatic heterocycles. The van der Waals surface area contributed by atoms with Gasteiger partial charge in [-0.25, -0.2) is 12.8 Å². The summed E-state index contributed by atoms with van der Waals surface area (Å²) in [6.45, 7) is 1.42. The van der Waals surface area contributed by atoms with Gasteiger partial charge in [0.15, 0.2) is 0 Å². The fraction of sp³-hybridized carbons (Fsp3) is 0.350. The Morgan fingerprint density at radius 3 is 2.47 bits per heavy atom. The summed E-state index contributed by atoms with van der Waals surface area (Å²) in [7, 11) is -3.57. The minimum Gasteiger partial charge on any atom is -0.490 e. The number of carbonyl (C=O) groups is 1. The molecule has 2 aromatic rings. The molecule has 0 atom stereocenters. The SMILES string of the molecule is O=C(Cc1c(F)cccc1Cl)OCCOc1ccc(S(=O)(=O)N2CCOCC2)cc1. The number of carbonyl (C=O) groups excluding carboxylic acids is 1. The number of nitrogens with zero attached hydrogens (tertiary/aromatic N) is 1. The monoisotopic (exact) mass is 457 g/mol. The zero-order valence-electron chi connectivity index (χ0n) is 16.1. The van der Waals surface area contributed by atoms with E-state index in [4.69, 9.17) is 25.8 Å². The Hall–Kier alpha value is -2.20. The number of sulfonamides is 1. The zero-order valence-corrected chi connectivity index (χ0v) is 17.6. The first-order chi connectivity index (χ1) is 14.4. The number of hydrogen-bond donors (Lipinski definition) is 0. The van der Waals surface area contributed by atoms with Crippen molar-refractivity contribution in [2.45, 2.75) is 11.3 Å². The van der Waals surface area contributed by atoms with E-state index in [1.54, 1.807) is 0 Å². The van der Waals surface area contributed by atoms with Gasteiger partial charge in [0.1, 0.15) is 24.8 Å². The van der Waals surface area contributed by atoms with Gasteiger partial charge in [0.05, 0.1) is 24.5 Å². The number of rotatable bonds is 8. The Balaban J connectivity index is 1.46. The molecular formula is C20H21ClFNO6S. The van der Waals surface area contributed by atoms with Gasteiger partial charge in [-0.15, -0.1) is 0 Å². The van der Waals surface area contributed by atoms with Crippen molar-refractivity contribution >= 4 is 27.6 Å². The van der Waals surface area contributed by atoms with Gasteiger partial charge in [-0.05, 0) is 36.4 Å². The summed E-state index contributed by atoms with van der Waals surface area (Å²) in [5.41, 5.74) is 0.0853. The van der Waals surface area contributed by atoms with Crippen LogP contribution in [0.5, 0.6) is 5.75 Å². The Bertz CT molecular complexity index is 957. The molecule has 0 bridgehead atoms. The largest absolute Gasteiger partial charge is 0.490 e. The topological polar surface area (TPSA) is 82.1 Å². The minimum atomic E-state index is -3.57. The zero-order chi connectivity index (χ0) is 21.6. The van der Waals surface area contributed by atoms with E-state index in [0.29, 0.717) is 32.1 Å². The van der Waals surface area contributed by atoms with Crippen LogP contribution in [0.25, 0.3) is 0 Å². The van der Waals surface area contributed by atoms with Crippen molar-refractivity contribution in [1.29, 1.82) is 0 Å². The number of esters is 1. The Morgan fingerprint density at radius 1 is 1.10 bits per heavy atom. The highest BCUT2D eigenvalue weighted by Gasteiger charge is 2.26. The van der Waals surface area contributed by atoms with Crippen molar-refractivity contribution in [3.8, 4) is 5.75 Å². The van der Waals surface area contributed by atoms with Crippen LogP contribution in [0.2, 0.25) is 5.02 Å². The third kappa shape index (κ3) is 5.69. The van der Waals surface area contributed by atoms with Gasteiger partial charge in [0.25, 0.3) is 0 Å². The lowest BCUT2D eigenvalue weighted by Gasteiger charge is -2.26. The lowest BCUT2D eigenvalue weighted by atomic mass is 10.1. The number of halogens is 2. The summed E-state index contributed by atoms with van der Waals surface area (Å²) in [4.78, 5) is 12.0. The van der Waals surface area contributed by atoms with Crippen LogP contribution in [-0.2, 0) is 30.7 Å². The lowest BCUT2D eigenvalue weighted by molar-refractivity contribution is -0.143. The lowest BCUT2D eigenvalue weighted by Crippen LogP contribution is -2.40. The quantitative estimate of drug-likeness (QED) is 0.448. The van der Waals surface area contributed by atoms with Crippen molar-refractivity contribution in [3.05, 3.63) is 58.9 Å². The third-order valence-electron chi connectivity index (χ3n) is 4.43. The third-order valence-corrected chi connectivity index (χ3v) is 6.70. The molecule has 1 aliphatic heterocycles. The van der Waals surface area contributed by atoms with Crippen molar-refractivity contribution in [3.63, 3.8) is 0 Å². The molecule has 0 radical (unpaired) electrons. The van der Waals surface area contributed by atoms with Crippen LogP contribution >= 0.6 is 11.6 Å². The molecule has 1 saturated heterocycles. The molecule has 0 spiro atoms. The number of benzene rings is 2. The van der Waals surface area contributed by atoms with Crippen molar-refractivity contribution in [2.24, 2.45) is 0 Å². The molecule has 0 aliphatic carbocycles. The average molecular weight is 458 g/mol. The van der Waals surface area contributed by atoms with E-state index >= 15 is 0 Å². The molecule has 1 aliphatic rings. The molecule has 2 aromatic carbocycles. The highest BCUT2D eigenvalue weighted by atomic mass is 35.5. The smallest absolute Gasteiger partial charge is 0.310 e. The van der Waals surface area contributed by atoms with Crippen LogP contribution in [0.15, 0.2) is 47.4 Å². The van der Waals surface area contributed by atoms with E-state index in [1.807, 2.05) is 0 Å². The molecule has 10 heteroatoms. The maximum Gasteiger partial charge on any atom is 0.310 e. The summed E-state index contributed by atoms with van der Waals surface area (Å²) in [6.07, 6.45) is -0.278. The van der Waals surface area contributed by atoms with Gasteiger partial charge < -0.3 is 14.2 Å². The molecule has 0 amide bonds. The molecule has 7 nitrogen and oxygen atoms in total. The summed E-state index contributed by atoms with van der Waals surface area (Å²) in [5, 5.41) is 0.162. The first-order valence-electron chi connectivity index (χ1n) is 9.27. The van der Waals surface area contributed by atoms with Gasteiger partial charge in [-0.1, -0.05) is 17.7 Å². The maximum absolute atomic E-state index is 13.7. The first kappa shape index (κ1) is 22.5. The van der Waals surface area contributed by atoms with Crippen molar-refractivity contribution in [2.75, 3.05) is 39.5 Å². The molecule has 30 heavy (non-hydrogen) atoms. The first-order valence-corrected chi connectivity index (χ1v) is 11.1. The van der Waals surface area contributed by atoms with Gasteiger partial charge in [-0.2, -0.15) is 4.31 Å². The summed E-state index contributed by atoms with van der Waals surface area (Å²) >= 11 is 5.88. The van der Waals surface area contributed by atoms with E-state index in [1.165, 1.54) is 46.8 Å². The summed E-state index contributed by atoms with van der Waals surface area (Å²) in [6, 6.07) is 10.2. The molecule has 3 rings (SSSR count). The molecule has 0 N–H and O–H groups in total. The molecule has 0 unspecified atom stereocenters. The van der Waals surface area contributed by atoms with Crippen molar-refractivity contribution < 1.29 is 31.8 Å². The van der Waals surface area contributed by atoms with E-state index in [2.05, 4.69) is 0 Å². The van der Waals surface area contributed by atoms with Gasteiger partial charge >= 0.3 is 5.97 Å². The number of ether oxygens (including phenoxy) is 3. The Morgan fingerprint density at radius 2 is 1.80 bits per heavy atom. The van der Waals surface area contributed by atoms with E-state index in [9.17, 15) is 17.6 Å². The minimum absolute atomic E-state index is 0.0429. The van der Waals surface area contributed by atoms with Gasteiger partial charge in [0.2, 0.25) is 10.0 Å². The Kier molecular flexibility index (Phi) is 7.65. The van der Waals surface area contributed by atoms with Crippen LogP contribution in [0.4, 0.5) is 4.39 Å². The highest BCUT2D eigenvalue weighted by molar-refractivity contribution is 7.89. The molecule has 1 heterocycles. The second kappa shape index (κ2) is 10.2. The van der Waals surface area contributed by atoms with E-state index < -0.39 is 21.8 Å². The van der Waals surface area contributed by atoms with Crippen LogP contribution in [0.1, 0.15) is 5.56 Å². The Labute approximate surface area is 179 Å². The number of hydrogen-bond acceptors (Lipinski definition) is 6. The predicted octanol–water partition coefficient (Wildman–Crippen LogP) is 2.66. The van der Waals surface area contributed by atoms with E-state index in [0.717, 1.165) is 0 Å². The second-order valence-electron chi connectivity index (χ2n) is 6.43. The second-order valence-corrected chi connectivity index (χ2v) is 8.78. The summed E-state index contributed by atoms with van der Waals surface area (Å²) < 4.78 is 55.9. The van der Waals surface area contributed by atoms with Crippen molar-refractivity contribution in [1.82, 2.24) is 4.31 Å². The fourth-order valence-electron chi connectivity index (χ4n) is 2.86. The molecule has 0 saturated carbocycles. The van der Waals surface area contributed by atoms with Crippen LogP contribution in [0.3, 0.4) is 0 Å². The standard InChI is InChI=1S/C20H21ClFNO6S/c21-18-2-1-3-19(22)17(18)14-20(24)29-13-12-28-15-4-6-16(7-5-15)30(25,26)23-8-10-27-11-9-23/h1-7H,8-14H2. The van der Waals surface area contributed by atoms with Crippen LogP contribution < -0.4 is 4.74 Å². The van der Waals surface area contributed by atoms with Crippen LogP contribution in [-0.4, -0.2) is 58.2 Å².